The first-order chi connectivity index (χ1) is 9.52. The van der Waals surface area contributed by atoms with Crippen molar-refractivity contribution < 1.29 is 19.4 Å². The van der Waals surface area contributed by atoms with Crippen molar-refractivity contribution in [1.29, 1.82) is 0 Å². The van der Waals surface area contributed by atoms with Gasteiger partial charge in [-0.1, -0.05) is 12.1 Å². The highest BCUT2D eigenvalue weighted by Gasteiger charge is 2.35. The van der Waals surface area contributed by atoms with Gasteiger partial charge >= 0.3 is 5.97 Å². The van der Waals surface area contributed by atoms with Crippen LogP contribution in [-0.2, 0) is 9.59 Å². The molecule has 5 heteroatoms. The third kappa shape index (κ3) is 3.29. The summed E-state index contributed by atoms with van der Waals surface area (Å²) in [4.78, 5) is 22.5. The van der Waals surface area contributed by atoms with Crippen LogP contribution in [0, 0.1) is 5.92 Å². The third-order valence-corrected chi connectivity index (χ3v) is 3.56. The Morgan fingerprint density at radius 1 is 1.45 bits per heavy atom. The average Bonchev–Trinajstić information content (AvgIpc) is 3.20. The lowest BCUT2D eigenvalue weighted by Crippen LogP contribution is -2.14. The van der Waals surface area contributed by atoms with E-state index in [9.17, 15) is 9.59 Å². The van der Waals surface area contributed by atoms with Crippen LogP contribution in [-0.4, -0.2) is 24.1 Å². The van der Waals surface area contributed by atoms with Crippen molar-refractivity contribution in [3.05, 3.63) is 23.8 Å². The summed E-state index contributed by atoms with van der Waals surface area (Å²) in [6.07, 6.45) is 2.15. The number of para-hydroxylation sites is 1. The number of nitrogens with one attached hydrogen (secondary N) is 1. The molecule has 0 aromatic heterocycles. The number of rotatable bonds is 6. The Labute approximate surface area is 117 Å². The van der Waals surface area contributed by atoms with Crippen molar-refractivity contribution in [3.8, 4) is 5.75 Å². The number of aliphatic carboxylic acids is 1. The van der Waals surface area contributed by atoms with Crippen molar-refractivity contribution in [1.82, 2.24) is 0 Å². The van der Waals surface area contributed by atoms with Gasteiger partial charge in [-0.2, -0.15) is 0 Å². The van der Waals surface area contributed by atoms with Crippen LogP contribution < -0.4 is 10.1 Å². The van der Waals surface area contributed by atoms with E-state index >= 15 is 0 Å². The highest BCUT2D eigenvalue weighted by molar-refractivity contribution is 5.91. The maximum absolute atomic E-state index is 11.4. The van der Waals surface area contributed by atoms with E-state index in [2.05, 4.69) is 5.32 Å². The van der Waals surface area contributed by atoms with Crippen molar-refractivity contribution >= 4 is 17.6 Å². The molecule has 1 atom stereocenters. The molecule has 1 aliphatic rings. The lowest BCUT2D eigenvalue weighted by atomic mass is 9.89. The maximum Gasteiger partial charge on any atom is 0.303 e. The molecule has 1 aliphatic carbocycles. The van der Waals surface area contributed by atoms with Gasteiger partial charge in [0.25, 0.3) is 0 Å². The van der Waals surface area contributed by atoms with Crippen LogP contribution >= 0.6 is 0 Å². The number of carbonyl (C=O) groups excluding carboxylic acids is 1. The molecule has 1 aromatic carbocycles. The minimum atomic E-state index is -0.821. The van der Waals surface area contributed by atoms with E-state index in [1.54, 1.807) is 6.07 Å². The molecule has 2 N–H and O–H groups in total. The predicted octanol–water partition coefficient (Wildman–Crippen LogP) is 2.62. The van der Waals surface area contributed by atoms with Gasteiger partial charge in [0, 0.05) is 6.92 Å². The molecule has 1 fully saturated rings. The first-order valence-corrected chi connectivity index (χ1v) is 6.69. The summed E-state index contributed by atoms with van der Waals surface area (Å²) in [6, 6.07) is 5.47. The van der Waals surface area contributed by atoms with Gasteiger partial charge in [-0.3, -0.25) is 9.59 Å². The number of carboxylic acid groups (broad SMARTS) is 1. The van der Waals surface area contributed by atoms with Crippen molar-refractivity contribution in [2.24, 2.45) is 5.92 Å². The number of hydrogen-bond donors (Lipinski definition) is 2. The molecule has 0 aliphatic heterocycles. The third-order valence-electron chi connectivity index (χ3n) is 3.56. The van der Waals surface area contributed by atoms with Gasteiger partial charge in [-0.05, 0) is 36.3 Å². The summed E-state index contributed by atoms with van der Waals surface area (Å²) in [7, 11) is 1.54. The molecule has 5 nitrogen and oxygen atoms in total. The summed E-state index contributed by atoms with van der Waals surface area (Å²) >= 11 is 0. The van der Waals surface area contributed by atoms with Gasteiger partial charge in [0.15, 0.2) is 0 Å². The van der Waals surface area contributed by atoms with Gasteiger partial charge in [0.05, 0.1) is 19.2 Å². The van der Waals surface area contributed by atoms with E-state index in [0.29, 0.717) is 17.4 Å². The first-order valence-electron chi connectivity index (χ1n) is 6.69. The summed E-state index contributed by atoms with van der Waals surface area (Å²) in [5.41, 5.74) is 1.45. The number of anilines is 1. The normalized spacial score (nSPS) is 15.5. The highest BCUT2D eigenvalue weighted by atomic mass is 16.5. The number of benzene rings is 1. The van der Waals surface area contributed by atoms with Gasteiger partial charge in [-0.15, -0.1) is 0 Å². The van der Waals surface area contributed by atoms with Crippen molar-refractivity contribution in [3.63, 3.8) is 0 Å². The molecule has 1 aromatic rings. The Hall–Kier alpha value is -2.04. The Kier molecular flexibility index (Phi) is 4.27. The molecular formula is C15H19NO4. The van der Waals surface area contributed by atoms with Gasteiger partial charge < -0.3 is 15.2 Å². The fourth-order valence-electron chi connectivity index (χ4n) is 2.55. The average molecular weight is 277 g/mol. The predicted molar refractivity (Wildman–Crippen MR) is 75.0 cm³/mol. The fraction of sp³-hybridized carbons (Fsp3) is 0.467. The number of carboxylic acids is 1. The Morgan fingerprint density at radius 2 is 2.15 bits per heavy atom. The molecular weight excluding hydrogens is 258 g/mol. The highest BCUT2D eigenvalue weighted by Crippen LogP contribution is 2.48. The van der Waals surface area contributed by atoms with E-state index in [0.717, 1.165) is 18.4 Å². The Bertz CT molecular complexity index is 523. The SMILES string of the molecule is COc1cccc(C(CC(=O)O)C2CC2)c1NC(C)=O. The second kappa shape index (κ2) is 5.94. The molecule has 0 heterocycles. The largest absolute Gasteiger partial charge is 0.495 e. The van der Waals surface area contributed by atoms with Crippen LogP contribution in [0.25, 0.3) is 0 Å². The molecule has 2 rings (SSSR count). The molecule has 20 heavy (non-hydrogen) atoms. The zero-order chi connectivity index (χ0) is 14.7. The van der Waals surface area contributed by atoms with Crippen LogP contribution in [0.3, 0.4) is 0 Å². The van der Waals surface area contributed by atoms with Crippen LogP contribution in [0.2, 0.25) is 0 Å². The Morgan fingerprint density at radius 3 is 2.65 bits per heavy atom. The van der Waals surface area contributed by atoms with Crippen LogP contribution in [0.15, 0.2) is 18.2 Å². The lowest BCUT2D eigenvalue weighted by molar-refractivity contribution is -0.137. The monoisotopic (exact) mass is 277 g/mol. The summed E-state index contributed by atoms with van der Waals surface area (Å²) < 4.78 is 5.28. The second-order valence-corrected chi connectivity index (χ2v) is 5.15. The quantitative estimate of drug-likeness (QED) is 0.838. The summed E-state index contributed by atoms with van der Waals surface area (Å²) in [5, 5.41) is 11.9. The summed E-state index contributed by atoms with van der Waals surface area (Å²) in [5.74, 6) is -0.150. The van der Waals surface area contributed by atoms with Crippen LogP contribution in [0.5, 0.6) is 5.75 Å². The number of amides is 1. The van der Waals surface area contributed by atoms with E-state index in [4.69, 9.17) is 9.84 Å². The molecule has 1 saturated carbocycles. The molecule has 108 valence electrons. The fourth-order valence-corrected chi connectivity index (χ4v) is 2.55. The minimum absolute atomic E-state index is 0.0738. The molecule has 1 unspecified atom stereocenters. The van der Waals surface area contributed by atoms with E-state index < -0.39 is 5.97 Å². The lowest BCUT2D eigenvalue weighted by Gasteiger charge is -2.20. The zero-order valence-corrected chi connectivity index (χ0v) is 11.7. The zero-order valence-electron chi connectivity index (χ0n) is 11.7. The van der Waals surface area contributed by atoms with Crippen LogP contribution in [0.1, 0.15) is 37.7 Å². The minimum Gasteiger partial charge on any atom is -0.495 e. The van der Waals surface area contributed by atoms with Crippen LogP contribution in [0.4, 0.5) is 5.69 Å². The topological polar surface area (TPSA) is 75.6 Å². The molecule has 0 bridgehead atoms. The van der Waals surface area contributed by atoms with Gasteiger partial charge in [0.1, 0.15) is 5.75 Å². The molecule has 1 amide bonds. The number of hydrogen-bond acceptors (Lipinski definition) is 3. The number of methoxy groups -OCH3 is 1. The van der Waals surface area contributed by atoms with E-state index in [1.165, 1.54) is 14.0 Å². The number of ether oxygens (including phenoxy) is 1. The van der Waals surface area contributed by atoms with E-state index in [-0.39, 0.29) is 18.2 Å². The first kappa shape index (κ1) is 14.4. The molecule has 0 saturated heterocycles. The number of carbonyl (C=O) groups is 2. The second-order valence-electron chi connectivity index (χ2n) is 5.15. The maximum atomic E-state index is 11.4. The standard InChI is InChI=1S/C15H19NO4/c1-9(17)16-15-11(4-3-5-13(15)20-2)12(8-14(18)19)10-6-7-10/h3-5,10,12H,6-8H2,1-2H3,(H,16,17)(H,18,19). The van der Waals surface area contributed by atoms with Gasteiger partial charge in [0.2, 0.25) is 5.91 Å². The molecule has 0 radical (unpaired) electrons. The summed E-state index contributed by atoms with van der Waals surface area (Å²) in [6.45, 7) is 1.43. The van der Waals surface area contributed by atoms with Crippen molar-refractivity contribution in [2.45, 2.75) is 32.1 Å². The van der Waals surface area contributed by atoms with Gasteiger partial charge in [-0.25, -0.2) is 0 Å². The Balaban J connectivity index is 2.41. The van der Waals surface area contributed by atoms with E-state index in [1.807, 2.05) is 12.1 Å². The smallest absolute Gasteiger partial charge is 0.303 e. The molecule has 0 spiro atoms. The van der Waals surface area contributed by atoms with Crippen molar-refractivity contribution in [2.75, 3.05) is 12.4 Å².